The molecule has 1 aliphatic carbocycles. The Morgan fingerprint density at radius 3 is 2.40 bits per heavy atom. The molecule has 0 amide bonds. The smallest absolute Gasteiger partial charge is 0.148 e. The van der Waals surface area contributed by atoms with Gasteiger partial charge in [0.25, 0.3) is 0 Å². The van der Waals surface area contributed by atoms with Crippen molar-refractivity contribution in [1.82, 2.24) is 5.32 Å². The average Bonchev–Trinajstić information content (AvgIpc) is 2.14. The third kappa shape index (κ3) is 2.55. The summed E-state index contributed by atoms with van der Waals surface area (Å²) in [5.74, 6) is 0.914. The van der Waals surface area contributed by atoms with Crippen molar-refractivity contribution < 1.29 is 4.74 Å². The minimum absolute atomic E-state index is 0.345. The summed E-state index contributed by atoms with van der Waals surface area (Å²) in [7, 11) is 2.00. The van der Waals surface area contributed by atoms with E-state index in [9.17, 15) is 0 Å². The van der Waals surface area contributed by atoms with E-state index >= 15 is 0 Å². The van der Waals surface area contributed by atoms with Gasteiger partial charge in [-0.05, 0) is 63.9 Å². The molecular formula is C11H13Br2NO. The fourth-order valence-corrected chi connectivity index (χ4v) is 2.84. The molecule has 82 valence electrons. The van der Waals surface area contributed by atoms with Crippen LogP contribution in [-0.2, 0) is 0 Å². The molecule has 1 aliphatic rings. The predicted octanol–water partition coefficient (Wildman–Crippen LogP) is 3.34. The number of nitrogens with one attached hydrogen (secondary N) is 1. The van der Waals surface area contributed by atoms with Gasteiger partial charge < -0.3 is 10.1 Å². The maximum absolute atomic E-state index is 5.91. The first-order valence-electron chi connectivity index (χ1n) is 4.98. The van der Waals surface area contributed by atoms with Crippen LogP contribution in [0.2, 0.25) is 0 Å². The van der Waals surface area contributed by atoms with Crippen molar-refractivity contribution in [1.29, 1.82) is 0 Å². The van der Waals surface area contributed by atoms with Crippen molar-refractivity contribution in [3.05, 3.63) is 27.1 Å². The van der Waals surface area contributed by atoms with Crippen LogP contribution >= 0.6 is 31.9 Å². The number of rotatable bonds is 3. The normalized spacial score (nSPS) is 24.7. The van der Waals surface area contributed by atoms with Crippen LogP contribution in [0.3, 0.4) is 0 Å². The molecule has 15 heavy (non-hydrogen) atoms. The van der Waals surface area contributed by atoms with E-state index in [0.29, 0.717) is 12.1 Å². The van der Waals surface area contributed by atoms with Crippen LogP contribution in [-0.4, -0.2) is 19.2 Å². The number of halogens is 2. The van der Waals surface area contributed by atoms with E-state index in [2.05, 4.69) is 37.2 Å². The molecule has 0 aliphatic heterocycles. The van der Waals surface area contributed by atoms with Gasteiger partial charge in [0.05, 0.1) is 8.95 Å². The molecule has 1 N–H and O–H groups in total. The van der Waals surface area contributed by atoms with Gasteiger partial charge in [0.2, 0.25) is 0 Å². The Labute approximate surface area is 107 Å². The van der Waals surface area contributed by atoms with Crippen LogP contribution in [0, 0.1) is 0 Å². The zero-order chi connectivity index (χ0) is 10.8. The highest BCUT2D eigenvalue weighted by Crippen LogP contribution is 2.36. The SMILES string of the molecule is CNC1CC(Oc2c(Br)cccc2Br)C1. The van der Waals surface area contributed by atoms with Gasteiger partial charge in [0, 0.05) is 6.04 Å². The summed E-state index contributed by atoms with van der Waals surface area (Å²) in [5, 5.41) is 3.24. The monoisotopic (exact) mass is 333 g/mol. The Kier molecular flexibility index (Phi) is 3.69. The number of ether oxygens (including phenoxy) is 1. The highest BCUT2D eigenvalue weighted by atomic mass is 79.9. The molecule has 0 saturated heterocycles. The maximum Gasteiger partial charge on any atom is 0.148 e. The van der Waals surface area contributed by atoms with Crippen molar-refractivity contribution in [2.24, 2.45) is 0 Å². The van der Waals surface area contributed by atoms with Crippen LogP contribution in [0.4, 0.5) is 0 Å². The number of benzene rings is 1. The second-order valence-corrected chi connectivity index (χ2v) is 5.46. The zero-order valence-corrected chi connectivity index (χ0v) is 11.6. The summed E-state index contributed by atoms with van der Waals surface area (Å²) >= 11 is 6.98. The summed E-state index contributed by atoms with van der Waals surface area (Å²) in [5.41, 5.74) is 0. The summed E-state index contributed by atoms with van der Waals surface area (Å²) < 4.78 is 7.92. The molecule has 1 saturated carbocycles. The quantitative estimate of drug-likeness (QED) is 0.915. The Morgan fingerprint density at radius 1 is 1.27 bits per heavy atom. The van der Waals surface area contributed by atoms with Crippen LogP contribution in [0.5, 0.6) is 5.75 Å². The molecule has 4 heteroatoms. The van der Waals surface area contributed by atoms with E-state index in [1.165, 1.54) is 0 Å². The van der Waals surface area contributed by atoms with Gasteiger partial charge in [0.1, 0.15) is 11.9 Å². The van der Waals surface area contributed by atoms with Crippen molar-refractivity contribution in [3.8, 4) is 5.75 Å². The van der Waals surface area contributed by atoms with Crippen LogP contribution < -0.4 is 10.1 Å². The summed E-state index contributed by atoms with van der Waals surface area (Å²) in [6, 6.07) is 6.59. The molecule has 2 rings (SSSR count). The Morgan fingerprint density at radius 2 is 1.87 bits per heavy atom. The molecular weight excluding hydrogens is 322 g/mol. The summed E-state index contributed by atoms with van der Waals surface area (Å²) in [6.45, 7) is 0. The van der Waals surface area contributed by atoms with Crippen molar-refractivity contribution in [2.75, 3.05) is 7.05 Å². The zero-order valence-electron chi connectivity index (χ0n) is 8.47. The van der Waals surface area contributed by atoms with E-state index < -0.39 is 0 Å². The molecule has 0 spiro atoms. The Hall–Kier alpha value is -0.0600. The molecule has 1 aromatic carbocycles. The van der Waals surface area contributed by atoms with Crippen LogP contribution in [0.1, 0.15) is 12.8 Å². The molecule has 0 atom stereocenters. The minimum atomic E-state index is 0.345. The maximum atomic E-state index is 5.91. The molecule has 1 fully saturated rings. The molecule has 0 radical (unpaired) electrons. The van der Waals surface area contributed by atoms with Gasteiger partial charge in [-0.25, -0.2) is 0 Å². The fraction of sp³-hybridized carbons (Fsp3) is 0.455. The van der Waals surface area contributed by atoms with Crippen molar-refractivity contribution >= 4 is 31.9 Å². The predicted molar refractivity (Wildman–Crippen MR) is 68.3 cm³/mol. The molecule has 0 aromatic heterocycles. The molecule has 2 nitrogen and oxygen atoms in total. The van der Waals surface area contributed by atoms with Gasteiger partial charge in [-0.2, -0.15) is 0 Å². The van der Waals surface area contributed by atoms with Gasteiger partial charge in [0.15, 0.2) is 0 Å². The lowest BCUT2D eigenvalue weighted by atomic mass is 9.89. The van der Waals surface area contributed by atoms with Crippen LogP contribution in [0.15, 0.2) is 27.1 Å². The van der Waals surface area contributed by atoms with E-state index in [4.69, 9.17) is 4.74 Å². The van der Waals surface area contributed by atoms with Gasteiger partial charge >= 0.3 is 0 Å². The van der Waals surface area contributed by atoms with E-state index in [-0.39, 0.29) is 0 Å². The second kappa shape index (κ2) is 4.85. The summed E-state index contributed by atoms with van der Waals surface area (Å²) in [4.78, 5) is 0. The topological polar surface area (TPSA) is 21.3 Å². The molecule has 0 unspecified atom stereocenters. The lowest BCUT2D eigenvalue weighted by Gasteiger charge is -2.35. The molecule has 0 heterocycles. The average molecular weight is 335 g/mol. The first-order chi connectivity index (χ1) is 7.20. The van der Waals surface area contributed by atoms with Gasteiger partial charge in [-0.1, -0.05) is 6.07 Å². The third-order valence-corrected chi connectivity index (χ3v) is 3.96. The summed E-state index contributed by atoms with van der Waals surface area (Å²) in [6.07, 6.45) is 2.52. The Balaban J connectivity index is 2.00. The largest absolute Gasteiger partial charge is 0.488 e. The lowest BCUT2D eigenvalue weighted by molar-refractivity contribution is 0.0870. The number of hydrogen-bond acceptors (Lipinski definition) is 2. The third-order valence-electron chi connectivity index (χ3n) is 2.71. The van der Waals surface area contributed by atoms with Crippen molar-refractivity contribution in [2.45, 2.75) is 25.0 Å². The lowest BCUT2D eigenvalue weighted by Crippen LogP contribution is -2.45. The minimum Gasteiger partial charge on any atom is -0.488 e. The van der Waals surface area contributed by atoms with Gasteiger partial charge in [-0.15, -0.1) is 0 Å². The molecule has 0 bridgehead atoms. The Bertz CT molecular complexity index is 330. The highest BCUT2D eigenvalue weighted by molar-refractivity contribution is 9.11. The fourth-order valence-electron chi connectivity index (χ4n) is 1.66. The van der Waals surface area contributed by atoms with E-state index in [0.717, 1.165) is 27.5 Å². The first kappa shape index (κ1) is 11.4. The first-order valence-corrected chi connectivity index (χ1v) is 6.57. The van der Waals surface area contributed by atoms with Crippen molar-refractivity contribution in [3.63, 3.8) is 0 Å². The second-order valence-electron chi connectivity index (χ2n) is 3.75. The van der Waals surface area contributed by atoms with Gasteiger partial charge in [-0.3, -0.25) is 0 Å². The van der Waals surface area contributed by atoms with E-state index in [1.807, 2.05) is 25.2 Å². The molecule has 1 aromatic rings. The van der Waals surface area contributed by atoms with E-state index in [1.54, 1.807) is 0 Å². The number of para-hydroxylation sites is 1. The highest BCUT2D eigenvalue weighted by Gasteiger charge is 2.30. The number of hydrogen-bond donors (Lipinski definition) is 1. The van der Waals surface area contributed by atoms with Crippen LogP contribution in [0.25, 0.3) is 0 Å². The standard InChI is InChI=1S/C11H13Br2NO/c1-14-7-5-8(6-7)15-11-9(12)3-2-4-10(11)13/h2-4,7-8,14H,5-6H2,1H3.